The van der Waals surface area contributed by atoms with E-state index in [2.05, 4.69) is 16.0 Å². The number of carbonyl (C=O) groups is 4. The molecule has 0 spiro atoms. The number of thioether (sulfide) groups is 1. The number of phenolic OH excluding ortho intramolecular Hbond substituents is 1. The second-order valence-corrected chi connectivity index (χ2v) is 9.01. The van der Waals surface area contributed by atoms with Crippen LogP contribution in [0.5, 0.6) is 5.75 Å². The van der Waals surface area contributed by atoms with Gasteiger partial charge in [-0.05, 0) is 56.9 Å². The Morgan fingerprint density at radius 2 is 1.66 bits per heavy atom. The molecule has 32 heavy (non-hydrogen) atoms. The predicted molar refractivity (Wildman–Crippen MR) is 121 cm³/mol. The molecule has 0 saturated heterocycles. The summed E-state index contributed by atoms with van der Waals surface area (Å²) in [5.41, 5.74) is -0.115. The summed E-state index contributed by atoms with van der Waals surface area (Å²) in [5, 5.41) is 25.6. The molecule has 0 aliphatic heterocycles. The molecule has 11 heteroatoms. The maximum absolute atomic E-state index is 13.0. The lowest BCUT2D eigenvalue weighted by molar-refractivity contribution is -0.138. The van der Waals surface area contributed by atoms with Crippen LogP contribution in [0.25, 0.3) is 0 Å². The largest absolute Gasteiger partial charge is 0.508 e. The molecular weight excluding hydrogens is 438 g/mol. The van der Waals surface area contributed by atoms with E-state index in [1.807, 2.05) is 6.26 Å². The second kappa shape index (κ2) is 12.8. The van der Waals surface area contributed by atoms with Crippen molar-refractivity contribution in [3.63, 3.8) is 0 Å². The second-order valence-electron chi connectivity index (χ2n) is 8.02. The molecule has 5 N–H and O–H groups in total. The number of nitrogens with one attached hydrogen (secondary N) is 3. The van der Waals surface area contributed by atoms with Gasteiger partial charge in [-0.15, -0.1) is 0 Å². The van der Waals surface area contributed by atoms with Gasteiger partial charge in [-0.25, -0.2) is 4.79 Å². The number of alkyl carbamates (subject to hydrolysis) is 1. The summed E-state index contributed by atoms with van der Waals surface area (Å²) in [6.45, 7) is 4.49. The summed E-state index contributed by atoms with van der Waals surface area (Å²) < 4.78 is 5.24. The van der Waals surface area contributed by atoms with Crippen LogP contribution in [0.2, 0.25) is 0 Å². The Balaban J connectivity index is 3.00. The van der Waals surface area contributed by atoms with E-state index in [4.69, 9.17) is 9.84 Å². The van der Waals surface area contributed by atoms with Crippen LogP contribution in [0.15, 0.2) is 24.3 Å². The molecule has 0 aliphatic rings. The van der Waals surface area contributed by atoms with E-state index < -0.39 is 48.1 Å². The quantitative estimate of drug-likeness (QED) is 0.325. The van der Waals surface area contributed by atoms with E-state index in [0.717, 1.165) is 0 Å². The molecule has 2 atom stereocenters. The van der Waals surface area contributed by atoms with Crippen LogP contribution in [-0.2, 0) is 25.5 Å². The number of aromatic hydroxyl groups is 1. The van der Waals surface area contributed by atoms with Crippen LogP contribution in [0.1, 0.15) is 32.8 Å². The highest BCUT2D eigenvalue weighted by atomic mass is 32.2. The van der Waals surface area contributed by atoms with Crippen LogP contribution in [0.3, 0.4) is 0 Å². The standard InChI is InChI=1S/C21H31N3O7S/c1-21(2,3)31-20(30)24-16(11-13-5-7-14(25)8-6-13)19(29)23-15(9-10-32-4)18(28)22-12-17(26)27/h5-8,15-16,25H,9-12H2,1-4H3,(H,22,28)(H,23,29)(H,24,30)(H,26,27)/t15-,16-/m0/s1. The van der Waals surface area contributed by atoms with Gasteiger partial charge >= 0.3 is 12.1 Å². The number of ether oxygens (including phenoxy) is 1. The fraction of sp³-hybridized carbons (Fsp3) is 0.524. The smallest absolute Gasteiger partial charge is 0.408 e. The third-order valence-electron chi connectivity index (χ3n) is 4.04. The molecular formula is C21H31N3O7S. The minimum Gasteiger partial charge on any atom is -0.508 e. The van der Waals surface area contributed by atoms with E-state index in [1.165, 1.54) is 23.9 Å². The molecule has 1 rings (SSSR count). The van der Waals surface area contributed by atoms with Gasteiger partial charge in [0.15, 0.2) is 0 Å². The Labute approximate surface area is 191 Å². The number of amides is 3. The molecule has 0 aliphatic carbocycles. The van der Waals surface area contributed by atoms with Crippen molar-refractivity contribution in [2.24, 2.45) is 0 Å². The average molecular weight is 470 g/mol. The molecule has 178 valence electrons. The lowest BCUT2D eigenvalue weighted by atomic mass is 10.0. The summed E-state index contributed by atoms with van der Waals surface area (Å²) >= 11 is 1.47. The number of carboxylic acid groups (broad SMARTS) is 1. The van der Waals surface area contributed by atoms with Gasteiger partial charge in [-0.2, -0.15) is 11.8 Å². The Hall–Kier alpha value is -2.95. The number of hydrogen-bond donors (Lipinski definition) is 5. The molecule has 10 nitrogen and oxygen atoms in total. The molecule has 0 aromatic heterocycles. The van der Waals surface area contributed by atoms with Gasteiger partial charge in [0.05, 0.1) is 0 Å². The SMILES string of the molecule is CSCC[C@H](NC(=O)[C@H](Cc1ccc(O)cc1)NC(=O)OC(C)(C)C)C(=O)NCC(=O)O. The normalized spacial score (nSPS) is 12.9. The first-order chi connectivity index (χ1) is 14.9. The molecule has 0 bridgehead atoms. The Bertz CT molecular complexity index is 794. The molecule has 0 unspecified atom stereocenters. The zero-order valence-corrected chi connectivity index (χ0v) is 19.5. The van der Waals surface area contributed by atoms with E-state index in [9.17, 15) is 24.3 Å². The zero-order chi connectivity index (χ0) is 24.3. The van der Waals surface area contributed by atoms with E-state index in [-0.39, 0.29) is 18.6 Å². The third kappa shape index (κ3) is 10.9. The van der Waals surface area contributed by atoms with Gasteiger partial charge in [-0.3, -0.25) is 14.4 Å². The highest BCUT2D eigenvalue weighted by Crippen LogP contribution is 2.13. The lowest BCUT2D eigenvalue weighted by Gasteiger charge is -2.25. The van der Waals surface area contributed by atoms with E-state index >= 15 is 0 Å². The Morgan fingerprint density at radius 3 is 2.19 bits per heavy atom. The summed E-state index contributed by atoms with van der Waals surface area (Å²) in [4.78, 5) is 48.4. The number of aliphatic carboxylic acids is 1. The Kier molecular flexibility index (Phi) is 10.8. The summed E-state index contributed by atoms with van der Waals surface area (Å²) in [7, 11) is 0. The molecule has 1 aromatic rings. The van der Waals surface area contributed by atoms with Gasteiger partial charge in [0.1, 0.15) is 30.0 Å². The predicted octanol–water partition coefficient (Wildman–Crippen LogP) is 1.27. The van der Waals surface area contributed by atoms with Crippen LogP contribution >= 0.6 is 11.8 Å². The van der Waals surface area contributed by atoms with Gasteiger partial charge < -0.3 is 30.9 Å². The molecule has 1 aromatic carbocycles. The van der Waals surface area contributed by atoms with Crippen LogP contribution in [0.4, 0.5) is 4.79 Å². The highest BCUT2D eigenvalue weighted by Gasteiger charge is 2.28. The minimum absolute atomic E-state index is 0.0575. The van der Waals surface area contributed by atoms with Crippen molar-refractivity contribution in [3.05, 3.63) is 29.8 Å². The first kappa shape index (κ1) is 27.1. The molecule has 0 fully saturated rings. The van der Waals surface area contributed by atoms with Crippen molar-refractivity contribution >= 4 is 35.6 Å². The van der Waals surface area contributed by atoms with Crippen molar-refractivity contribution in [2.45, 2.75) is 51.3 Å². The number of benzene rings is 1. The average Bonchev–Trinajstić information content (AvgIpc) is 2.68. The number of hydrogen-bond acceptors (Lipinski definition) is 7. The number of rotatable bonds is 11. The van der Waals surface area contributed by atoms with Gasteiger partial charge in [0, 0.05) is 6.42 Å². The molecule has 0 saturated carbocycles. The highest BCUT2D eigenvalue weighted by molar-refractivity contribution is 7.98. The fourth-order valence-electron chi connectivity index (χ4n) is 2.59. The fourth-order valence-corrected chi connectivity index (χ4v) is 3.06. The van der Waals surface area contributed by atoms with Crippen molar-refractivity contribution in [3.8, 4) is 5.75 Å². The van der Waals surface area contributed by atoms with E-state index in [0.29, 0.717) is 11.3 Å². The maximum Gasteiger partial charge on any atom is 0.408 e. The molecule has 0 heterocycles. The molecule has 3 amide bonds. The van der Waals surface area contributed by atoms with Gasteiger partial charge in [0.25, 0.3) is 0 Å². The first-order valence-electron chi connectivity index (χ1n) is 9.97. The van der Waals surface area contributed by atoms with Crippen LogP contribution < -0.4 is 16.0 Å². The monoisotopic (exact) mass is 469 g/mol. The first-order valence-corrected chi connectivity index (χ1v) is 11.4. The van der Waals surface area contributed by atoms with Crippen molar-refractivity contribution in [1.82, 2.24) is 16.0 Å². The lowest BCUT2D eigenvalue weighted by Crippen LogP contribution is -2.55. The van der Waals surface area contributed by atoms with Crippen LogP contribution in [-0.4, -0.2) is 70.3 Å². The maximum atomic E-state index is 13.0. The topological polar surface area (TPSA) is 154 Å². The Morgan fingerprint density at radius 1 is 1.03 bits per heavy atom. The van der Waals surface area contributed by atoms with Crippen molar-refractivity contribution < 1.29 is 34.1 Å². The summed E-state index contributed by atoms with van der Waals surface area (Å²) in [6, 6.07) is 4.08. The number of phenols is 1. The third-order valence-corrected chi connectivity index (χ3v) is 4.69. The van der Waals surface area contributed by atoms with Crippen LogP contribution in [0, 0.1) is 0 Å². The summed E-state index contributed by atoms with van der Waals surface area (Å²) in [5.74, 6) is -1.85. The van der Waals surface area contributed by atoms with Gasteiger partial charge in [-0.1, -0.05) is 12.1 Å². The zero-order valence-electron chi connectivity index (χ0n) is 18.6. The van der Waals surface area contributed by atoms with E-state index in [1.54, 1.807) is 32.9 Å². The summed E-state index contributed by atoms with van der Waals surface area (Å²) in [6.07, 6.45) is 1.40. The van der Waals surface area contributed by atoms with Crippen molar-refractivity contribution in [1.29, 1.82) is 0 Å². The number of carboxylic acids is 1. The molecule has 0 radical (unpaired) electrons. The minimum atomic E-state index is -1.20. The van der Waals surface area contributed by atoms with Crippen molar-refractivity contribution in [2.75, 3.05) is 18.6 Å². The number of carbonyl (C=O) groups excluding carboxylic acids is 3. The van der Waals surface area contributed by atoms with Gasteiger partial charge in [0.2, 0.25) is 11.8 Å².